The van der Waals surface area contributed by atoms with Gasteiger partial charge >= 0.3 is 5.97 Å². The molecule has 2 aromatic carbocycles. The van der Waals surface area contributed by atoms with Gasteiger partial charge in [0.1, 0.15) is 17.0 Å². The number of anilines is 1. The van der Waals surface area contributed by atoms with E-state index in [0.717, 1.165) is 11.1 Å². The molecule has 176 valence electrons. The minimum absolute atomic E-state index is 0.0754. The van der Waals surface area contributed by atoms with Crippen LogP contribution < -0.4 is 15.0 Å². The maximum atomic E-state index is 13.8. The second-order valence-corrected chi connectivity index (χ2v) is 8.34. The molecule has 1 atom stereocenters. The van der Waals surface area contributed by atoms with Crippen molar-refractivity contribution in [3.8, 4) is 5.75 Å². The van der Waals surface area contributed by atoms with Gasteiger partial charge in [0.05, 0.1) is 27.1 Å². The summed E-state index contributed by atoms with van der Waals surface area (Å²) in [7, 11) is 2.77. The highest BCUT2D eigenvalue weighted by molar-refractivity contribution is 6.15. The van der Waals surface area contributed by atoms with Gasteiger partial charge in [-0.05, 0) is 43.7 Å². The van der Waals surface area contributed by atoms with Crippen molar-refractivity contribution >= 4 is 23.5 Å². The molecule has 0 spiro atoms. The highest BCUT2D eigenvalue weighted by Crippen LogP contribution is 2.34. The van der Waals surface area contributed by atoms with Crippen molar-refractivity contribution in [3.05, 3.63) is 77.4 Å². The lowest BCUT2D eigenvalue weighted by Gasteiger charge is -2.43. The van der Waals surface area contributed by atoms with Gasteiger partial charge in [-0.3, -0.25) is 14.5 Å². The Morgan fingerprint density at radius 2 is 1.76 bits per heavy atom. The largest absolute Gasteiger partial charge is 0.497 e. The highest BCUT2D eigenvalue weighted by Gasteiger charge is 2.49. The van der Waals surface area contributed by atoms with Crippen LogP contribution in [0.5, 0.6) is 5.75 Å². The number of carbonyl (C=O) groups excluding carboxylic acids is 3. The van der Waals surface area contributed by atoms with Crippen LogP contribution in [0.4, 0.5) is 5.69 Å². The van der Waals surface area contributed by atoms with E-state index in [4.69, 9.17) is 9.47 Å². The van der Waals surface area contributed by atoms with Gasteiger partial charge in [-0.15, -0.1) is 0 Å². The predicted molar refractivity (Wildman–Crippen MR) is 125 cm³/mol. The first kappa shape index (κ1) is 23.0. The minimum Gasteiger partial charge on any atom is -0.497 e. The molecule has 0 fully saturated rings. The molecular weight excluding hydrogens is 436 g/mol. The van der Waals surface area contributed by atoms with Crippen LogP contribution in [-0.4, -0.2) is 47.1 Å². The van der Waals surface area contributed by atoms with Crippen molar-refractivity contribution in [2.75, 3.05) is 19.1 Å². The summed E-state index contributed by atoms with van der Waals surface area (Å²) in [4.78, 5) is 45.0. The monoisotopic (exact) mass is 462 g/mol. The Morgan fingerprint density at radius 3 is 2.38 bits per heavy atom. The third-order valence-electron chi connectivity index (χ3n) is 5.99. The van der Waals surface area contributed by atoms with E-state index in [1.807, 2.05) is 31.2 Å². The van der Waals surface area contributed by atoms with Crippen molar-refractivity contribution in [2.45, 2.75) is 32.5 Å². The number of ether oxygens (including phenoxy) is 2. The number of rotatable bonds is 6. The lowest BCUT2D eigenvalue weighted by molar-refractivity contribution is -0.126. The summed E-state index contributed by atoms with van der Waals surface area (Å²) in [5, 5.41) is 2.96. The number of carbonyl (C=O) groups is 3. The number of benzene rings is 2. The van der Waals surface area contributed by atoms with Gasteiger partial charge in [-0.2, -0.15) is 0 Å². The SMILES string of the molecule is COC(=O)c1ncn2c1C(=O)N(c1ccc(OC)cc1)[C@@](C)(C(=O)NCc1ccc(C)cc1)C2. The van der Waals surface area contributed by atoms with Crippen molar-refractivity contribution in [3.63, 3.8) is 0 Å². The van der Waals surface area contributed by atoms with E-state index in [0.29, 0.717) is 18.0 Å². The van der Waals surface area contributed by atoms with Crippen molar-refractivity contribution < 1.29 is 23.9 Å². The average molecular weight is 463 g/mol. The van der Waals surface area contributed by atoms with Crippen LogP contribution in [0.2, 0.25) is 0 Å². The summed E-state index contributed by atoms with van der Waals surface area (Å²) >= 11 is 0. The van der Waals surface area contributed by atoms with Crippen LogP contribution in [0, 0.1) is 6.92 Å². The van der Waals surface area contributed by atoms with Gasteiger partial charge in [0.2, 0.25) is 5.91 Å². The Hall–Kier alpha value is -4.14. The number of amides is 2. The third kappa shape index (κ3) is 4.00. The maximum absolute atomic E-state index is 13.8. The zero-order valence-electron chi connectivity index (χ0n) is 19.5. The average Bonchev–Trinajstić information content (AvgIpc) is 3.27. The number of fused-ring (bicyclic) bond motifs is 1. The Bertz CT molecular complexity index is 1230. The third-order valence-corrected chi connectivity index (χ3v) is 5.99. The minimum atomic E-state index is -1.29. The van der Waals surface area contributed by atoms with E-state index < -0.39 is 17.4 Å². The van der Waals surface area contributed by atoms with Crippen molar-refractivity contribution in [2.24, 2.45) is 0 Å². The summed E-state index contributed by atoms with van der Waals surface area (Å²) in [6.45, 7) is 4.10. The van der Waals surface area contributed by atoms with E-state index in [1.54, 1.807) is 38.3 Å². The molecule has 0 saturated heterocycles. The van der Waals surface area contributed by atoms with Gasteiger partial charge in [0, 0.05) is 12.2 Å². The molecule has 9 nitrogen and oxygen atoms in total. The number of nitrogens with one attached hydrogen (secondary N) is 1. The molecule has 9 heteroatoms. The molecule has 0 saturated carbocycles. The molecule has 0 bridgehead atoms. The summed E-state index contributed by atoms with van der Waals surface area (Å²) in [6, 6.07) is 14.7. The Kier molecular flexibility index (Phi) is 6.10. The number of aromatic nitrogens is 2. The lowest BCUT2D eigenvalue weighted by Crippen LogP contribution is -2.64. The Labute approximate surface area is 197 Å². The molecule has 1 aromatic heterocycles. The number of methoxy groups -OCH3 is 2. The quantitative estimate of drug-likeness (QED) is 0.565. The van der Waals surface area contributed by atoms with E-state index in [1.165, 1.54) is 22.9 Å². The van der Waals surface area contributed by atoms with Crippen molar-refractivity contribution in [1.29, 1.82) is 0 Å². The number of nitrogens with zero attached hydrogens (tertiary/aromatic N) is 3. The maximum Gasteiger partial charge on any atom is 0.359 e. The van der Waals surface area contributed by atoms with Crippen LogP contribution in [0.15, 0.2) is 54.9 Å². The highest BCUT2D eigenvalue weighted by atomic mass is 16.5. The fourth-order valence-electron chi connectivity index (χ4n) is 4.09. The van der Waals surface area contributed by atoms with Crippen LogP contribution in [0.25, 0.3) is 0 Å². The number of imidazole rings is 1. The molecule has 4 rings (SSSR count). The smallest absolute Gasteiger partial charge is 0.359 e. The Morgan fingerprint density at radius 1 is 1.09 bits per heavy atom. The molecule has 0 unspecified atom stereocenters. The summed E-state index contributed by atoms with van der Waals surface area (Å²) < 4.78 is 11.6. The first-order valence-corrected chi connectivity index (χ1v) is 10.7. The van der Waals surface area contributed by atoms with E-state index in [-0.39, 0.29) is 23.8 Å². The molecule has 1 N–H and O–H groups in total. The summed E-state index contributed by atoms with van der Waals surface area (Å²) in [5.74, 6) is -0.971. The number of hydrogen-bond donors (Lipinski definition) is 1. The van der Waals surface area contributed by atoms with Crippen LogP contribution in [0.1, 0.15) is 39.0 Å². The molecule has 0 aliphatic carbocycles. The molecule has 0 radical (unpaired) electrons. The van der Waals surface area contributed by atoms with E-state index >= 15 is 0 Å². The standard InChI is InChI=1S/C25H26N4O5/c1-16-5-7-17(8-6-16)13-26-24(32)25(2)14-28-15-27-20(23(31)34-4)21(28)22(30)29(25)18-9-11-19(33-3)12-10-18/h5-12,15H,13-14H2,1-4H3,(H,26,32)/t25-/m1/s1. The van der Waals surface area contributed by atoms with Gasteiger partial charge < -0.3 is 19.4 Å². The first-order chi connectivity index (χ1) is 16.3. The second-order valence-electron chi connectivity index (χ2n) is 8.34. The van der Waals surface area contributed by atoms with E-state index in [9.17, 15) is 14.4 Å². The van der Waals surface area contributed by atoms with Gasteiger partial charge in [-0.25, -0.2) is 9.78 Å². The molecule has 1 aliphatic rings. The Balaban J connectivity index is 1.73. The fourth-order valence-corrected chi connectivity index (χ4v) is 4.09. The zero-order valence-corrected chi connectivity index (χ0v) is 19.5. The molecular formula is C25H26N4O5. The van der Waals surface area contributed by atoms with E-state index in [2.05, 4.69) is 10.3 Å². The second kappa shape index (κ2) is 9.01. The topological polar surface area (TPSA) is 103 Å². The first-order valence-electron chi connectivity index (χ1n) is 10.7. The molecule has 2 amide bonds. The van der Waals surface area contributed by atoms with Gasteiger partial charge in [0.25, 0.3) is 5.91 Å². The van der Waals surface area contributed by atoms with Crippen molar-refractivity contribution in [1.82, 2.24) is 14.9 Å². The number of esters is 1. The van der Waals surface area contributed by atoms with Gasteiger partial charge in [-0.1, -0.05) is 29.8 Å². The predicted octanol–water partition coefficient (Wildman–Crippen LogP) is 2.72. The van der Waals surface area contributed by atoms with Crippen LogP contribution in [0.3, 0.4) is 0 Å². The number of aryl methyl sites for hydroxylation is 1. The molecule has 2 heterocycles. The fraction of sp³-hybridized carbons (Fsp3) is 0.280. The van der Waals surface area contributed by atoms with Gasteiger partial charge in [0.15, 0.2) is 5.69 Å². The molecule has 34 heavy (non-hydrogen) atoms. The normalized spacial score (nSPS) is 17.2. The summed E-state index contributed by atoms with van der Waals surface area (Å²) in [6.07, 6.45) is 1.39. The molecule has 3 aromatic rings. The molecule has 1 aliphatic heterocycles. The van der Waals surface area contributed by atoms with Crippen LogP contribution in [-0.2, 0) is 22.6 Å². The zero-order chi connectivity index (χ0) is 24.5. The summed E-state index contributed by atoms with van der Waals surface area (Å²) in [5.41, 5.74) is 1.25. The number of hydrogen-bond acceptors (Lipinski definition) is 6. The van der Waals surface area contributed by atoms with Crippen LogP contribution >= 0.6 is 0 Å². The lowest BCUT2D eigenvalue weighted by atomic mass is 9.93.